The monoisotopic (exact) mass is 355 g/mol. The second-order valence-corrected chi connectivity index (χ2v) is 6.08. The lowest BCUT2D eigenvalue weighted by molar-refractivity contribution is -0.131. The van der Waals surface area contributed by atoms with E-state index in [9.17, 15) is 4.79 Å². The highest BCUT2D eigenvalue weighted by atomic mass is 35.5. The van der Waals surface area contributed by atoms with Gasteiger partial charge in [-0.2, -0.15) is 5.10 Å². The predicted molar refractivity (Wildman–Crippen MR) is 91.3 cm³/mol. The first-order valence-corrected chi connectivity index (χ1v) is 7.96. The molecule has 0 saturated carbocycles. The Labute approximate surface area is 145 Å². The van der Waals surface area contributed by atoms with Gasteiger partial charge >= 0.3 is 0 Å². The van der Waals surface area contributed by atoms with Crippen LogP contribution >= 0.6 is 23.2 Å². The van der Waals surface area contributed by atoms with Crippen LogP contribution in [0.2, 0.25) is 10.0 Å². The fourth-order valence-electron chi connectivity index (χ4n) is 2.06. The first kappa shape index (κ1) is 17.6. The van der Waals surface area contributed by atoms with Crippen molar-refractivity contribution < 1.29 is 9.53 Å². The van der Waals surface area contributed by atoms with Crippen LogP contribution in [0.1, 0.15) is 11.4 Å². The van der Waals surface area contributed by atoms with Crippen LogP contribution in [0.4, 0.5) is 0 Å². The van der Waals surface area contributed by atoms with Gasteiger partial charge in [-0.15, -0.1) is 0 Å². The molecule has 124 valence electrons. The van der Waals surface area contributed by atoms with Crippen molar-refractivity contribution in [2.45, 2.75) is 20.4 Å². The Morgan fingerprint density at radius 2 is 2.09 bits per heavy atom. The van der Waals surface area contributed by atoms with E-state index < -0.39 is 0 Å². The van der Waals surface area contributed by atoms with Gasteiger partial charge in [0.25, 0.3) is 0 Å². The molecule has 23 heavy (non-hydrogen) atoms. The summed E-state index contributed by atoms with van der Waals surface area (Å²) in [4.78, 5) is 13.8. The summed E-state index contributed by atoms with van der Waals surface area (Å²) in [7, 11) is 1.73. The summed E-state index contributed by atoms with van der Waals surface area (Å²) in [5, 5.41) is 5.48. The van der Waals surface area contributed by atoms with Crippen LogP contribution in [-0.4, -0.2) is 40.8 Å². The maximum Gasteiger partial charge on any atom is 0.244 e. The average molecular weight is 356 g/mol. The molecule has 2 aromatic rings. The van der Waals surface area contributed by atoms with Gasteiger partial charge in [0.05, 0.1) is 23.0 Å². The molecule has 0 radical (unpaired) electrons. The summed E-state index contributed by atoms with van der Waals surface area (Å²) in [6.07, 6.45) is 0. The third-order valence-electron chi connectivity index (χ3n) is 3.50. The minimum atomic E-state index is -0.0537. The van der Waals surface area contributed by atoms with Crippen molar-refractivity contribution in [3.8, 4) is 5.75 Å². The highest BCUT2D eigenvalue weighted by molar-refractivity contribution is 6.31. The highest BCUT2D eigenvalue weighted by Gasteiger charge is 2.15. The first-order chi connectivity index (χ1) is 10.9. The summed E-state index contributed by atoms with van der Waals surface area (Å²) >= 11 is 12.0. The van der Waals surface area contributed by atoms with Crippen LogP contribution in [0.15, 0.2) is 24.3 Å². The SMILES string of the molecule is Cc1nn(CC(=O)N(C)CCOc2cccc(Cl)c2)c(C)c1Cl. The van der Waals surface area contributed by atoms with Crippen LogP contribution < -0.4 is 4.74 Å². The van der Waals surface area contributed by atoms with Gasteiger partial charge in [0.2, 0.25) is 5.91 Å². The third-order valence-corrected chi connectivity index (χ3v) is 4.28. The molecule has 1 aromatic carbocycles. The number of ether oxygens (including phenoxy) is 1. The van der Waals surface area contributed by atoms with Gasteiger partial charge in [-0.1, -0.05) is 29.3 Å². The summed E-state index contributed by atoms with van der Waals surface area (Å²) in [6.45, 7) is 4.68. The standard InChI is InChI=1S/C16H19Cl2N3O2/c1-11-16(18)12(2)21(19-11)10-15(22)20(3)7-8-23-14-6-4-5-13(17)9-14/h4-6,9H,7-8,10H2,1-3H3. The van der Waals surface area contributed by atoms with Crippen LogP contribution in [0.3, 0.4) is 0 Å². The van der Waals surface area contributed by atoms with Crippen molar-refractivity contribution in [3.63, 3.8) is 0 Å². The average Bonchev–Trinajstić information content (AvgIpc) is 2.74. The number of carbonyl (C=O) groups excluding carboxylic acids is 1. The lowest BCUT2D eigenvalue weighted by atomic mass is 10.3. The summed E-state index contributed by atoms with van der Waals surface area (Å²) in [6, 6.07) is 7.16. The van der Waals surface area contributed by atoms with E-state index in [1.54, 1.807) is 28.8 Å². The molecule has 7 heteroatoms. The number of amides is 1. The molecule has 0 unspecified atom stereocenters. The topological polar surface area (TPSA) is 47.4 Å². The zero-order valence-corrected chi connectivity index (χ0v) is 14.9. The fraction of sp³-hybridized carbons (Fsp3) is 0.375. The maximum absolute atomic E-state index is 12.2. The van der Waals surface area contributed by atoms with Gasteiger partial charge in [0, 0.05) is 12.1 Å². The van der Waals surface area contributed by atoms with Gasteiger partial charge in [-0.05, 0) is 32.0 Å². The highest BCUT2D eigenvalue weighted by Crippen LogP contribution is 2.19. The molecule has 0 N–H and O–H groups in total. The predicted octanol–water partition coefficient (Wildman–Crippen LogP) is 3.34. The smallest absolute Gasteiger partial charge is 0.244 e. The van der Waals surface area contributed by atoms with E-state index >= 15 is 0 Å². The number of likely N-dealkylation sites (N-methyl/N-ethyl adjacent to an activating group) is 1. The van der Waals surface area contributed by atoms with E-state index in [1.807, 2.05) is 26.0 Å². The lowest BCUT2D eigenvalue weighted by Gasteiger charge is -2.18. The molecule has 0 saturated heterocycles. The second-order valence-electron chi connectivity index (χ2n) is 5.26. The largest absolute Gasteiger partial charge is 0.492 e. The van der Waals surface area contributed by atoms with Gasteiger partial charge in [-0.25, -0.2) is 0 Å². The molecule has 0 atom stereocenters. The number of nitrogens with zero attached hydrogens (tertiary/aromatic N) is 3. The van der Waals surface area contributed by atoms with Crippen LogP contribution in [-0.2, 0) is 11.3 Å². The van der Waals surface area contributed by atoms with Crippen molar-refractivity contribution in [3.05, 3.63) is 45.7 Å². The molecule has 2 rings (SSSR count). The Hall–Kier alpha value is -1.72. The summed E-state index contributed by atoms with van der Waals surface area (Å²) < 4.78 is 7.20. The third kappa shape index (κ3) is 4.62. The Kier molecular flexibility index (Phi) is 5.91. The molecule has 0 fully saturated rings. The molecule has 1 heterocycles. The van der Waals surface area contributed by atoms with Crippen LogP contribution in [0.5, 0.6) is 5.75 Å². The van der Waals surface area contributed by atoms with Crippen molar-refractivity contribution in [1.29, 1.82) is 0 Å². The molecule has 1 aromatic heterocycles. The summed E-state index contributed by atoms with van der Waals surface area (Å²) in [5.74, 6) is 0.630. The van der Waals surface area contributed by atoms with E-state index in [2.05, 4.69) is 5.10 Å². The quantitative estimate of drug-likeness (QED) is 0.798. The maximum atomic E-state index is 12.2. The molecule has 0 aliphatic rings. The fourth-order valence-corrected chi connectivity index (χ4v) is 2.38. The molecule has 0 bridgehead atoms. The number of aryl methyl sites for hydroxylation is 1. The van der Waals surface area contributed by atoms with E-state index in [4.69, 9.17) is 27.9 Å². The zero-order chi connectivity index (χ0) is 17.0. The Morgan fingerprint density at radius 1 is 1.35 bits per heavy atom. The first-order valence-electron chi connectivity index (χ1n) is 7.20. The second kappa shape index (κ2) is 7.70. The Morgan fingerprint density at radius 3 is 2.70 bits per heavy atom. The number of hydrogen-bond acceptors (Lipinski definition) is 3. The number of hydrogen-bond donors (Lipinski definition) is 0. The molecular formula is C16H19Cl2N3O2. The Bertz CT molecular complexity index is 701. The molecular weight excluding hydrogens is 337 g/mol. The van der Waals surface area contributed by atoms with Crippen LogP contribution in [0.25, 0.3) is 0 Å². The van der Waals surface area contributed by atoms with Gasteiger partial charge in [0.1, 0.15) is 18.9 Å². The minimum Gasteiger partial charge on any atom is -0.492 e. The van der Waals surface area contributed by atoms with E-state index in [-0.39, 0.29) is 12.5 Å². The van der Waals surface area contributed by atoms with Crippen molar-refractivity contribution in [2.24, 2.45) is 0 Å². The normalized spacial score (nSPS) is 10.7. The van der Waals surface area contributed by atoms with E-state index in [1.165, 1.54) is 0 Å². The van der Waals surface area contributed by atoms with Gasteiger partial charge in [-0.3, -0.25) is 9.48 Å². The van der Waals surface area contributed by atoms with Crippen molar-refractivity contribution in [1.82, 2.24) is 14.7 Å². The molecule has 0 spiro atoms. The number of benzene rings is 1. The number of halogens is 2. The summed E-state index contributed by atoms with van der Waals surface area (Å²) in [5.41, 5.74) is 1.52. The minimum absolute atomic E-state index is 0.0537. The molecule has 5 nitrogen and oxygen atoms in total. The molecule has 0 aliphatic carbocycles. The number of rotatable bonds is 6. The zero-order valence-electron chi connectivity index (χ0n) is 13.3. The van der Waals surface area contributed by atoms with E-state index in [0.29, 0.717) is 28.9 Å². The van der Waals surface area contributed by atoms with Crippen LogP contribution in [0, 0.1) is 13.8 Å². The van der Waals surface area contributed by atoms with Gasteiger partial charge in [0.15, 0.2) is 0 Å². The van der Waals surface area contributed by atoms with Crippen molar-refractivity contribution >= 4 is 29.1 Å². The molecule has 1 amide bonds. The number of carbonyl (C=O) groups is 1. The molecule has 0 aliphatic heterocycles. The Balaban J connectivity index is 1.84. The lowest BCUT2D eigenvalue weighted by Crippen LogP contribution is -2.34. The number of aromatic nitrogens is 2. The van der Waals surface area contributed by atoms with E-state index in [0.717, 1.165) is 11.4 Å². The van der Waals surface area contributed by atoms with Gasteiger partial charge < -0.3 is 9.64 Å². The van der Waals surface area contributed by atoms with Crippen molar-refractivity contribution in [2.75, 3.05) is 20.2 Å².